The standard InChI is InChI=1S/C40H50N6O4S/c1-7-43(4)40(48)34-23-41-46(30-14-11-15-30)37(34)29-20-28-21-31(49-6)17-19-32(28)38-36(26-12-9-8-10-13-26)33-18-16-27(22-35(33)45(38)24-29)39(47)42-50-51-44(5)25(2)3/h16-23,25-26,30H,7-15,24H2,1-6H3,(H,42,47). The van der Waals surface area contributed by atoms with Crippen molar-refractivity contribution in [2.75, 3.05) is 27.7 Å². The number of rotatable bonds is 11. The highest BCUT2D eigenvalue weighted by Crippen LogP contribution is 2.48. The molecule has 1 aliphatic heterocycles. The summed E-state index contributed by atoms with van der Waals surface area (Å²) >= 11 is 1.11. The van der Waals surface area contributed by atoms with Gasteiger partial charge < -0.3 is 14.2 Å². The molecule has 51 heavy (non-hydrogen) atoms. The lowest BCUT2D eigenvalue weighted by Gasteiger charge is -2.28. The molecule has 0 atom stereocenters. The van der Waals surface area contributed by atoms with E-state index in [1.165, 1.54) is 35.9 Å². The summed E-state index contributed by atoms with van der Waals surface area (Å²) in [5.41, 5.74) is 11.4. The van der Waals surface area contributed by atoms with Crippen molar-refractivity contribution < 1.29 is 18.6 Å². The molecule has 2 aromatic heterocycles. The maximum absolute atomic E-state index is 13.9. The molecule has 2 aliphatic carbocycles. The number of amides is 2. The predicted octanol–water partition coefficient (Wildman–Crippen LogP) is 8.50. The largest absolute Gasteiger partial charge is 0.497 e. The summed E-state index contributed by atoms with van der Waals surface area (Å²) in [7, 11) is 5.47. The molecular formula is C40H50N6O4S. The Kier molecular flexibility index (Phi) is 10.3. The third-order valence-electron chi connectivity index (χ3n) is 11.1. The molecule has 11 heteroatoms. The van der Waals surface area contributed by atoms with Gasteiger partial charge in [0.2, 0.25) is 0 Å². The Morgan fingerprint density at radius 1 is 1.02 bits per heavy atom. The zero-order valence-corrected chi connectivity index (χ0v) is 31.5. The van der Waals surface area contributed by atoms with Crippen LogP contribution in [0.25, 0.3) is 33.8 Å². The minimum absolute atomic E-state index is 0.0329. The first kappa shape index (κ1) is 35.3. The van der Waals surface area contributed by atoms with E-state index in [1.54, 1.807) is 18.2 Å². The maximum atomic E-state index is 13.9. The summed E-state index contributed by atoms with van der Waals surface area (Å²) < 4.78 is 17.7. The molecule has 1 N–H and O–H groups in total. The third-order valence-corrected chi connectivity index (χ3v) is 12.0. The number of carbonyl (C=O) groups excluding carboxylic acids is 2. The highest BCUT2D eigenvalue weighted by Gasteiger charge is 2.34. The summed E-state index contributed by atoms with van der Waals surface area (Å²) in [5, 5.41) is 6.05. The Hall–Kier alpha value is -4.06. The zero-order valence-electron chi connectivity index (χ0n) is 30.7. The van der Waals surface area contributed by atoms with Gasteiger partial charge in [0.15, 0.2) is 0 Å². The number of ether oxygens (including phenoxy) is 1. The SMILES string of the molecule is CCN(C)C(=O)c1cnn(C2CCC2)c1C1=Cc2cc(OC)ccc2-c2c(C3CCCCC3)c3ccc(C(=O)NOSN(C)C(C)C)cc3n2C1. The molecule has 2 fully saturated rings. The Bertz CT molecular complexity index is 1970. The van der Waals surface area contributed by atoms with Crippen molar-refractivity contribution in [3.05, 3.63) is 70.5 Å². The van der Waals surface area contributed by atoms with Crippen molar-refractivity contribution in [3.63, 3.8) is 0 Å². The van der Waals surface area contributed by atoms with Gasteiger partial charge in [-0.1, -0.05) is 25.3 Å². The molecular weight excluding hydrogens is 661 g/mol. The van der Waals surface area contributed by atoms with Gasteiger partial charge in [0.1, 0.15) is 18.0 Å². The van der Waals surface area contributed by atoms with Gasteiger partial charge in [-0.25, -0.2) is 9.79 Å². The Morgan fingerprint density at radius 2 is 1.80 bits per heavy atom. The molecule has 0 spiro atoms. The van der Waals surface area contributed by atoms with Gasteiger partial charge in [0, 0.05) is 41.7 Å². The first-order chi connectivity index (χ1) is 24.7. The Balaban J connectivity index is 1.42. The van der Waals surface area contributed by atoms with Gasteiger partial charge in [-0.2, -0.15) is 9.38 Å². The van der Waals surface area contributed by atoms with Crippen LogP contribution in [0.2, 0.25) is 0 Å². The molecule has 2 amide bonds. The number of benzene rings is 2. The van der Waals surface area contributed by atoms with E-state index < -0.39 is 0 Å². The predicted molar refractivity (Wildman–Crippen MR) is 204 cm³/mol. The van der Waals surface area contributed by atoms with Crippen molar-refractivity contribution in [2.45, 2.75) is 96.7 Å². The Labute approximate surface area is 305 Å². The number of hydrogen-bond donors (Lipinski definition) is 1. The van der Waals surface area contributed by atoms with Crippen LogP contribution >= 0.6 is 12.2 Å². The van der Waals surface area contributed by atoms with Crippen molar-refractivity contribution >= 4 is 46.6 Å². The number of hydroxylamine groups is 1. The molecule has 0 unspecified atom stereocenters. The minimum Gasteiger partial charge on any atom is -0.497 e. The number of nitrogens with zero attached hydrogens (tertiary/aromatic N) is 5. The van der Waals surface area contributed by atoms with Gasteiger partial charge >= 0.3 is 0 Å². The van der Waals surface area contributed by atoms with Gasteiger partial charge in [-0.3, -0.25) is 14.3 Å². The van der Waals surface area contributed by atoms with Crippen molar-refractivity contribution in [1.82, 2.24) is 29.0 Å². The van der Waals surface area contributed by atoms with Crippen LogP contribution in [0.15, 0.2) is 42.6 Å². The molecule has 4 aromatic rings. The number of nitrogens with one attached hydrogen (secondary N) is 1. The monoisotopic (exact) mass is 710 g/mol. The average molecular weight is 711 g/mol. The van der Waals surface area contributed by atoms with Crippen LogP contribution in [-0.2, 0) is 10.8 Å². The molecule has 0 saturated heterocycles. The van der Waals surface area contributed by atoms with Crippen molar-refractivity contribution in [1.29, 1.82) is 0 Å². The fourth-order valence-electron chi connectivity index (χ4n) is 7.68. The zero-order chi connectivity index (χ0) is 35.8. The summed E-state index contributed by atoms with van der Waals surface area (Å²) in [6, 6.07) is 12.9. The van der Waals surface area contributed by atoms with Crippen LogP contribution < -0.4 is 10.2 Å². The van der Waals surface area contributed by atoms with E-state index in [0.717, 1.165) is 78.0 Å². The van der Waals surface area contributed by atoms with E-state index in [1.807, 2.05) is 43.5 Å². The second-order valence-electron chi connectivity index (χ2n) is 14.5. The molecule has 0 bridgehead atoms. The van der Waals surface area contributed by atoms with Gasteiger partial charge in [0.25, 0.3) is 11.8 Å². The highest BCUT2D eigenvalue weighted by molar-refractivity contribution is 7.92. The first-order valence-electron chi connectivity index (χ1n) is 18.4. The number of carbonyl (C=O) groups is 2. The smallest absolute Gasteiger partial charge is 0.275 e. The fraction of sp³-hybridized carbons (Fsp3) is 0.475. The summed E-state index contributed by atoms with van der Waals surface area (Å²) in [6.45, 7) is 7.23. The molecule has 10 nitrogen and oxygen atoms in total. The summed E-state index contributed by atoms with van der Waals surface area (Å²) in [5.74, 6) is 0.845. The van der Waals surface area contributed by atoms with E-state index in [9.17, 15) is 9.59 Å². The molecule has 7 rings (SSSR count). The number of allylic oxidation sites excluding steroid dienone is 1. The molecule has 2 saturated carbocycles. The first-order valence-corrected chi connectivity index (χ1v) is 19.1. The number of methoxy groups -OCH3 is 1. The van der Waals surface area contributed by atoms with E-state index in [4.69, 9.17) is 14.1 Å². The molecule has 3 aliphatic rings. The number of fused-ring (bicyclic) bond motifs is 5. The lowest BCUT2D eigenvalue weighted by molar-refractivity contribution is 0.0786. The van der Waals surface area contributed by atoms with E-state index >= 15 is 0 Å². The van der Waals surface area contributed by atoms with Gasteiger partial charge in [-0.05, 0) is 119 Å². The maximum Gasteiger partial charge on any atom is 0.275 e. The van der Waals surface area contributed by atoms with E-state index in [2.05, 4.69) is 52.9 Å². The van der Waals surface area contributed by atoms with Crippen LogP contribution in [0.4, 0.5) is 0 Å². The second-order valence-corrected chi connectivity index (χ2v) is 15.4. The molecule has 2 aromatic carbocycles. The van der Waals surface area contributed by atoms with Crippen molar-refractivity contribution in [3.8, 4) is 17.0 Å². The van der Waals surface area contributed by atoms with Crippen LogP contribution in [0.3, 0.4) is 0 Å². The van der Waals surface area contributed by atoms with Gasteiger partial charge in [-0.15, -0.1) is 0 Å². The van der Waals surface area contributed by atoms with Crippen LogP contribution in [-0.4, -0.2) is 69.2 Å². The normalized spacial score (nSPS) is 16.4. The Morgan fingerprint density at radius 3 is 2.49 bits per heavy atom. The lowest BCUT2D eigenvalue weighted by Crippen LogP contribution is -2.28. The van der Waals surface area contributed by atoms with Crippen LogP contribution in [0, 0.1) is 0 Å². The quantitative estimate of drug-likeness (QED) is 0.0948. The third kappa shape index (κ3) is 6.71. The fourth-order valence-corrected chi connectivity index (χ4v) is 8.09. The van der Waals surface area contributed by atoms with Crippen molar-refractivity contribution in [2.24, 2.45) is 0 Å². The van der Waals surface area contributed by atoms with Crippen LogP contribution in [0.5, 0.6) is 5.75 Å². The lowest BCUT2D eigenvalue weighted by atomic mass is 9.81. The summed E-state index contributed by atoms with van der Waals surface area (Å²) in [4.78, 5) is 29.2. The number of aromatic nitrogens is 3. The minimum atomic E-state index is -0.301. The van der Waals surface area contributed by atoms with E-state index in [0.29, 0.717) is 30.1 Å². The average Bonchev–Trinajstić information content (AvgIpc) is 3.63. The van der Waals surface area contributed by atoms with Crippen LogP contribution in [0.1, 0.15) is 122 Å². The highest BCUT2D eigenvalue weighted by atomic mass is 32.2. The number of hydrogen-bond acceptors (Lipinski definition) is 7. The molecule has 3 heterocycles. The topological polar surface area (TPSA) is 93.9 Å². The molecule has 270 valence electrons. The van der Waals surface area contributed by atoms with Gasteiger partial charge in [0.05, 0.1) is 42.8 Å². The second kappa shape index (κ2) is 14.9. The van der Waals surface area contributed by atoms with E-state index in [-0.39, 0.29) is 23.9 Å². The molecule has 0 radical (unpaired) electrons. The summed E-state index contributed by atoms with van der Waals surface area (Å²) in [6.07, 6.45) is 13.2.